The highest BCUT2D eigenvalue weighted by Gasteiger charge is 2.10. The topological polar surface area (TPSA) is 24.1 Å². The normalized spacial score (nSPS) is 19.0. The van der Waals surface area contributed by atoms with Crippen LogP contribution >= 0.6 is 0 Å². The first-order chi connectivity index (χ1) is 5.43. The molecule has 1 aliphatic heterocycles. The van der Waals surface area contributed by atoms with Crippen molar-refractivity contribution < 1.29 is 0 Å². The zero-order valence-electron chi connectivity index (χ0n) is 7.11. The Bertz CT molecular complexity index is 149. The molecule has 1 rings (SSSR count). The highest BCUT2D eigenvalue weighted by atomic mass is 15.0. The summed E-state index contributed by atoms with van der Waals surface area (Å²) < 4.78 is 0. The summed E-state index contributed by atoms with van der Waals surface area (Å²) in [7, 11) is 0. The van der Waals surface area contributed by atoms with E-state index in [0.717, 1.165) is 19.6 Å². The van der Waals surface area contributed by atoms with Crippen LogP contribution < -0.4 is 10.6 Å². The van der Waals surface area contributed by atoms with Crippen LogP contribution in [0, 0.1) is 11.8 Å². The largest absolute Gasteiger partial charge is 0.317 e. The average molecular weight is 152 g/mol. The Kier molecular flexibility index (Phi) is 4.03. The summed E-state index contributed by atoms with van der Waals surface area (Å²) in [6.07, 6.45) is 2.48. The Morgan fingerprint density at radius 3 is 2.82 bits per heavy atom. The maximum absolute atomic E-state index is 3.41. The van der Waals surface area contributed by atoms with E-state index in [-0.39, 0.29) is 0 Å². The van der Waals surface area contributed by atoms with Crippen molar-refractivity contribution >= 4 is 0 Å². The number of piperidine rings is 1. The van der Waals surface area contributed by atoms with E-state index < -0.39 is 0 Å². The van der Waals surface area contributed by atoms with Crippen molar-refractivity contribution in [2.45, 2.75) is 25.8 Å². The van der Waals surface area contributed by atoms with Gasteiger partial charge in [-0.2, -0.15) is 0 Å². The minimum absolute atomic E-state index is 0.692. The molecule has 2 heteroatoms. The van der Waals surface area contributed by atoms with Gasteiger partial charge in [-0.05, 0) is 32.9 Å². The Hall–Kier alpha value is -0.520. The summed E-state index contributed by atoms with van der Waals surface area (Å²) in [5, 5.41) is 6.74. The van der Waals surface area contributed by atoms with Gasteiger partial charge < -0.3 is 10.6 Å². The molecular formula is C9H16N2. The molecule has 1 aliphatic rings. The molecular weight excluding hydrogens is 136 g/mol. The lowest BCUT2D eigenvalue weighted by Crippen LogP contribution is -2.40. The molecule has 0 aromatic rings. The molecule has 0 atom stereocenters. The Morgan fingerprint density at radius 1 is 1.45 bits per heavy atom. The van der Waals surface area contributed by atoms with E-state index in [2.05, 4.69) is 22.5 Å². The summed E-state index contributed by atoms with van der Waals surface area (Å²) in [5.74, 6) is 5.89. The molecule has 0 aromatic heterocycles. The smallest absolute Gasteiger partial charge is 0.0578 e. The highest BCUT2D eigenvalue weighted by molar-refractivity contribution is 4.97. The zero-order chi connectivity index (χ0) is 7.94. The molecule has 0 aliphatic carbocycles. The van der Waals surface area contributed by atoms with Crippen molar-refractivity contribution in [3.05, 3.63) is 0 Å². The first-order valence-electron chi connectivity index (χ1n) is 4.27. The van der Waals surface area contributed by atoms with Gasteiger partial charge in [-0.15, -0.1) is 5.92 Å². The summed E-state index contributed by atoms with van der Waals surface area (Å²) in [4.78, 5) is 0. The van der Waals surface area contributed by atoms with Gasteiger partial charge in [0.25, 0.3) is 0 Å². The fraction of sp³-hybridized carbons (Fsp3) is 0.778. The molecule has 0 radical (unpaired) electrons. The van der Waals surface area contributed by atoms with Crippen LogP contribution in [0.3, 0.4) is 0 Å². The fourth-order valence-electron chi connectivity index (χ4n) is 1.31. The van der Waals surface area contributed by atoms with E-state index in [0.29, 0.717) is 6.04 Å². The maximum atomic E-state index is 3.41. The summed E-state index contributed by atoms with van der Waals surface area (Å²) in [6, 6.07) is 0.692. The Morgan fingerprint density at radius 2 is 2.18 bits per heavy atom. The monoisotopic (exact) mass is 152 g/mol. The van der Waals surface area contributed by atoms with Gasteiger partial charge >= 0.3 is 0 Å². The standard InChI is InChI=1S/C9H16N2/c1-2-3-6-11-9-4-7-10-8-5-9/h9-11H,4-8H2,1H3. The summed E-state index contributed by atoms with van der Waals surface area (Å²) in [6.45, 7) is 5.03. The van der Waals surface area contributed by atoms with Crippen molar-refractivity contribution in [2.24, 2.45) is 0 Å². The van der Waals surface area contributed by atoms with Crippen LogP contribution in [-0.4, -0.2) is 25.7 Å². The molecule has 1 heterocycles. The molecule has 0 unspecified atom stereocenters. The second-order valence-electron chi connectivity index (χ2n) is 2.83. The minimum atomic E-state index is 0.692. The van der Waals surface area contributed by atoms with Crippen molar-refractivity contribution in [1.29, 1.82) is 0 Å². The third-order valence-corrected chi connectivity index (χ3v) is 2.00. The Labute approximate surface area is 68.8 Å². The molecule has 1 fully saturated rings. The number of hydrogen-bond donors (Lipinski definition) is 2. The molecule has 0 spiro atoms. The molecule has 2 N–H and O–H groups in total. The lowest BCUT2D eigenvalue weighted by atomic mass is 10.1. The average Bonchev–Trinajstić information content (AvgIpc) is 2.07. The number of nitrogens with one attached hydrogen (secondary N) is 2. The molecule has 0 bridgehead atoms. The predicted octanol–water partition coefficient (Wildman–Crippen LogP) is 0.351. The van der Waals surface area contributed by atoms with Crippen LogP contribution in [0.15, 0.2) is 0 Å². The third-order valence-electron chi connectivity index (χ3n) is 2.00. The lowest BCUT2D eigenvalue weighted by molar-refractivity contribution is 0.401. The quantitative estimate of drug-likeness (QED) is 0.558. The van der Waals surface area contributed by atoms with Crippen LogP contribution in [0.4, 0.5) is 0 Å². The molecule has 11 heavy (non-hydrogen) atoms. The third kappa shape index (κ3) is 3.41. The predicted molar refractivity (Wildman–Crippen MR) is 47.3 cm³/mol. The second kappa shape index (κ2) is 5.17. The number of rotatable bonds is 2. The van der Waals surface area contributed by atoms with E-state index in [4.69, 9.17) is 0 Å². The van der Waals surface area contributed by atoms with Crippen LogP contribution in [0.25, 0.3) is 0 Å². The van der Waals surface area contributed by atoms with Gasteiger partial charge in [-0.25, -0.2) is 0 Å². The van der Waals surface area contributed by atoms with Crippen molar-refractivity contribution in [2.75, 3.05) is 19.6 Å². The lowest BCUT2D eigenvalue weighted by Gasteiger charge is -2.22. The minimum Gasteiger partial charge on any atom is -0.317 e. The van der Waals surface area contributed by atoms with E-state index in [1.807, 2.05) is 6.92 Å². The summed E-state index contributed by atoms with van der Waals surface area (Å²) >= 11 is 0. The first kappa shape index (κ1) is 8.58. The molecule has 2 nitrogen and oxygen atoms in total. The molecule has 0 amide bonds. The van der Waals surface area contributed by atoms with Gasteiger partial charge in [-0.1, -0.05) is 5.92 Å². The van der Waals surface area contributed by atoms with Gasteiger partial charge in [0.15, 0.2) is 0 Å². The van der Waals surface area contributed by atoms with Crippen LogP contribution in [0.5, 0.6) is 0 Å². The van der Waals surface area contributed by atoms with Crippen LogP contribution in [0.2, 0.25) is 0 Å². The molecule has 1 saturated heterocycles. The van der Waals surface area contributed by atoms with Crippen molar-refractivity contribution in [3.8, 4) is 11.8 Å². The van der Waals surface area contributed by atoms with Gasteiger partial charge in [0.05, 0.1) is 6.54 Å². The van der Waals surface area contributed by atoms with E-state index in [9.17, 15) is 0 Å². The summed E-state index contributed by atoms with van der Waals surface area (Å²) in [5.41, 5.74) is 0. The molecule has 0 aromatic carbocycles. The highest BCUT2D eigenvalue weighted by Crippen LogP contribution is 2.00. The van der Waals surface area contributed by atoms with Crippen molar-refractivity contribution in [1.82, 2.24) is 10.6 Å². The Balaban J connectivity index is 2.08. The van der Waals surface area contributed by atoms with Crippen LogP contribution in [-0.2, 0) is 0 Å². The molecule has 0 saturated carbocycles. The molecule has 62 valence electrons. The number of hydrogen-bond acceptors (Lipinski definition) is 2. The fourth-order valence-corrected chi connectivity index (χ4v) is 1.31. The van der Waals surface area contributed by atoms with E-state index in [1.165, 1.54) is 12.8 Å². The van der Waals surface area contributed by atoms with Gasteiger partial charge in [0.1, 0.15) is 0 Å². The van der Waals surface area contributed by atoms with Gasteiger partial charge in [0.2, 0.25) is 0 Å². The van der Waals surface area contributed by atoms with E-state index >= 15 is 0 Å². The SMILES string of the molecule is CC#CCNC1CCNCC1. The first-order valence-corrected chi connectivity index (χ1v) is 4.27. The van der Waals surface area contributed by atoms with Crippen LogP contribution in [0.1, 0.15) is 19.8 Å². The second-order valence-corrected chi connectivity index (χ2v) is 2.83. The van der Waals surface area contributed by atoms with Gasteiger partial charge in [0, 0.05) is 6.04 Å². The zero-order valence-corrected chi connectivity index (χ0v) is 7.11. The van der Waals surface area contributed by atoms with E-state index in [1.54, 1.807) is 0 Å². The van der Waals surface area contributed by atoms with Crippen molar-refractivity contribution in [3.63, 3.8) is 0 Å². The van der Waals surface area contributed by atoms with Gasteiger partial charge in [-0.3, -0.25) is 0 Å². The maximum Gasteiger partial charge on any atom is 0.0578 e.